The SMILES string of the molecule is COCc1ccccc1NC(N)=NCc1ccccc1CN(C)Cc1ccco1.I. The van der Waals surface area contributed by atoms with Crippen molar-refractivity contribution in [3.8, 4) is 0 Å². The maximum atomic E-state index is 6.14. The van der Waals surface area contributed by atoms with Crippen LogP contribution in [0.25, 0.3) is 0 Å². The number of rotatable bonds is 9. The molecular weight excluding hydrogens is 491 g/mol. The number of methoxy groups -OCH3 is 1. The molecule has 0 amide bonds. The standard InChI is InChI=1S/C23H28N4O2.HI/c1-27(16-21-11-7-13-29-21)15-19-9-4-3-8-18(19)14-25-23(24)26-22-12-6-5-10-20(22)17-28-2;/h3-13H,14-17H2,1-2H3,(H3,24,25,26);1H. The second-order valence-electron chi connectivity index (χ2n) is 6.94. The molecule has 7 heteroatoms. The van der Waals surface area contributed by atoms with E-state index in [0.29, 0.717) is 19.1 Å². The normalized spacial score (nSPS) is 11.4. The number of nitrogens with zero attached hydrogens (tertiary/aromatic N) is 2. The zero-order valence-corrected chi connectivity index (χ0v) is 19.7. The quantitative estimate of drug-likeness (QED) is 0.245. The molecule has 1 heterocycles. The molecule has 0 bridgehead atoms. The third-order valence-electron chi connectivity index (χ3n) is 4.56. The zero-order chi connectivity index (χ0) is 20.5. The van der Waals surface area contributed by atoms with Gasteiger partial charge in [-0.25, -0.2) is 4.99 Å². The predicted molar refractivity (Wildman–Crippen MR) is 132 cm³/mol. The van der Waals surface area contributed by atoms with E-state index >= 15 is 0 Å². The van der Waals surface area contributed by atoms with Gasteiger partial charge in [-0.15, -0.1) is 24.0 Å². The number of anilines is 1. The largest absolute Gasteiger partial charge is 0.468 e. The van der Waals surface area contributed by atoms with Gasteiger partial charge in [0.05, 0.1) is 26.0 Å². The van der Waals surface area contributed by atoms with Crippen molar-refractivity contribution in [1.82, 2.24) is 4.90 Å². The number of aliphatic imine (C=N–C) groups is 1. The third-order valence-corrected chi connectivity index (χ3v) is 4.56. The van der Waals surface area contributed by atoms with Crippen LogP contribution in [0.3, 0.4) is 0 Å². The van der Waals surface area contributed by atoms with Gasteiger partial charge in [0.1, 0.15) is 5.76 Å². The lowest BCUT2D eigenvalue weighted by Crippen LogP contribution is -2.23. The summed E-state index contributed by atoms with van der Waals surface area (Å²) in [7, 11) is 3.75. The van der Waals surface area contributed by atoms with Crippen LogP contribution in [0.2, 0.25) is 0 Å². The summed E-state index contributed by atoms with van der Waals surface area (Å²) in [4.78, 5) is 6.75. The molecule has 0 saturated carbocycles. The van der Waals surface area contributed by atoms with Crippen LogP contribution < -0.4 is 11.1 Å². The third kappa shape index (κ3) is 7.16. The molecule has 3 N–H and O–H groups in total. The minimum Gasteiger partial charge on any atom is -0.468 e. The Balaban J connectivity index is 0.00000320. The summed E-state index contributed by atoms with van der Waals surface area (Å²) < 4.78 is 10.7. The molecule has 0 atom stereocenters. The van der Waals surface area contributed by atoms with Gasteiger partial charge in [-0.2, -0.15) is 0 Å². The first-order valence-electron chi connectivity index (χ1n) is 9.57. The average Bonchev–Trinajstić information content (AvgIpc) is 3.22. The Bertz CT molecular complexity index is 928. The van der Waals surface area contributed by atoms with Crippen LogP contribution >= 0.6 is 24.0 Å². The number of para-hydroxylation sites is 1. The number of guanidine groups is 1. The molecule has 0 aliphatic heterocycles. The molecule has 2 aromatic carbocycles. The minimum absolute atomic E-state index is 0. The number of ether oxygens (including phenoxy) is 1. The summed E-state index contributed by atoms with van der Waals surface area (Å²) in [6, 6.07) is 20.1. The molecule has 0 fully saturated rings. The lowest BCUT2D eigenvalue weighted by atomic mass is 10.1. The Labute approximate surface area is 195 Å². The smallest absolute Gasteiger partial charge is 0.193 e. The summed E-state index contributed by atoms with van der Waals surface area (Å²) >= 11 is 0. The molecule has 0 unspecified atom stereocenters. The van der Waals surface area contributed by atoms with E-state index in [2.05, 4.69) is 34.4 Å². The van der Waals surface area contributed by atoms with Crippen LogP contribution in [0, 0.1) is 0 Å². The maximum Gasteiger partial charge on any atom is 0.193 e. The average molecular weight is 520 g/mol. The summed E-state index contributed by atoms with van der Waals surface area (Å²) in [5.74, 6) is 1.33. The van der Waals surface area contributed by atoms with E-state index in [4.69, 9.17) is 14.9 Å². The van der Waals surface area contributed by atoms with Crippen LogP contribution in [0.4, 0.5) is 5.69 Å². The fourth-order valence-corrected chi connectivity index (χ4v) is 3.15. The van der Waals surface area contributed by atoms with Gasteiger partial charge in [-0.3, -0.25) is 4.90 Å². The minimum atomic E-state index is 0. The number of hydrogen-bond donors (Lipinski definition) is 2. The number of furan rings is 1. The molecule has 1 aromatic heterocycles. The Kier molecular flexibility index (Phi) is 9.85. The van der Waals surface area contributed by atoms with Gasteiger partial charge < -0.3 is 20.2 Å². The second kappa shape index (κ2) is 12.4. The molecule has 0 radical (unpaired) electrons. The molecule has 160 valence electrons. The summed E-state index contributed by atoms with van der Waals surface area (Å²) in [6.07, 6.45) is 1.70. The van der Waals surface area contributed by atoms with E-state index in [9.17, 15) is 0 Å². The lowest BCUT2D eigenvalue weighted by Gasteiger charge is -2.17. The fourth-order valence-electron chi connectivity index (χ4n) is 3.15. The zero-order valence-electron chi connectivity index (χ0n) is 17.4. The van der Waals surface area contributed by atoms with Crippen molar-refractivity contribution < 1.29 is 9.15 Å². The van der Waals surface area contributed by atoms with Crippen LogP contribution in [-0.4, -0.2) is 25.0 Å². The topological polar surface area (TPSA) is 76.0 Å². The van der Waals surface area contributed by atoms with Crippen molar-refractivity contribution in [1.29, 1.82) is 0 Å². The first-order chi connectivity index (χ1) is 14.2. The number of benzene rings is 2. The molecule has 0 aliphatic carbocycles. The lowest BCUT2D eigenvalue weighted by molar-refractivity contribution is 0.185. The highest BCUT2D eigenvalue weighted by Gasteiger charge is 2.08. The van der Waals surface area contributed by atoms with Crippen molar-refractivity contribution in [3.63, 3.8) is 0 Å². The fraction of sp³-hybridized carbons (Fsp3) is 0.261. The van der Waals surface area contributed by atoms with Gasteiger partial charge >= 0.3 is 0 Å². The molecule has 30 heavy (non-hydrogen) atoms. The van der Waals surface area contributed by atoms with Gasteiger partial charge in [0, 0.05) is 24.9 Å². The summed E-state index contributed by atoms with van der Waals surface area (Å²) in [5.41, 5.74) is 10.4. The van der Waals surface area contributed by atoms with E-state index in [1.807, 2.05) is 48.5 Å². The number of nitrogens with two attached hydrogens (primary N) is 1. The van der Waals surface area contributed by atoms with Crippen molar-refractivity contribution in [3.05, 3.63) is 89.4 Å². The van der Waals surface area contributed by atoms with E-state index < -0.39 is 0 Å². The highest BCUT2D eigenvalue weighted by molar-refractivity contribution is 14.0. The number of halogens is 1. The monoisotopic (exact) mass is 520 g/mol. The maximum absolute atomic E-state index is 6.14. The van der Waals surface area contributed by atoms with E-state index in [-0.39, 0.29) is 24.0 Å². The van der Waals surface area contributed by atoms with Crippen molar-refractivity contribution in [2.24, 2.45) is 10.7 Å². The van der Waals surface area contributed by atoms with Crippen LogP contribution in [-0.2, 0) is 31.0 Å². The van der Waals surface area contributed by atoms with Gasteiger partial charge in [0.15, 0.2) is 5.96 Å². The summed E-state index contributed by atoms with van der Waals surface area (Å²) in [5, 5.41) is 3.18. The van der Waals surface area contributed by atoms with Crippen molar-refractivity contribution in [2.45, 2.75) is 26.2 Å². The van der Waals surface area contributed by atoms with Crippen LogP contribution in [0.15, 0.2) is 76.3 Å². The second-order valence-corrected chi connectivity index (χ2v) is 6.94. The molecule has 0 spiro atoms. The van der Waals surface area contributed by atoms with Crippen molar-refractivity contribution in [2.75, 3.05) is 19.5 Å². The van der Waals surface area contributed by atoms with E-state index in [1.54, 1.807) is 13.4 Å². The Morgan fingerprint density at radius 2 is 1.70 bits per heavy atom. The molecule has 0 saturated heterocycles. The molecule has 0 aliphatic rings. The van der Waals surface area contributed by atoms with Gasteiger partial charge in [-0.05, 0) is 36.4 Å². The number of hydrogen-bond acceptors (Lipinski definition) is 4. The Morgan fingerprint density at radius 3 is 2.40 bits per heavy atom. The first-order valence-corrected chi connectivity index (χ1v) is 9.57. The van der Waals surface area contributed by atoms with Gasteiger partial charge in [-0.1, -0.05) is 42.5 Å². The molecular formula is C23H29IN4O2. The van der Waals surface area contributed by atoms with E-state index in [1.165, 1.54) is 5.56 Å². The Hall–Kier alpha value is -2.36. The van der Waals surface area contributed by atoms with Gasteiger partial charge in [0.25, 0.3) is 0 Å². The van der Waals surface area contributed by atoms with Crippen molar-refractivity contribution >= 4 is 35.6 Å². The summed E-state index contributed by atoms with van der Waals surface area (Å²) in [6.45, 7) is 2.58. The van der Waals surface area contributed by atoms with E-state index in [0.717, 1.165) is 35.7 Å². The molecule has 3 rings (SSSR count). The van der Waals surface area contributed by atoms with Crippen LogP contribution in [0.1, 0.15) is 22.5 Å². The van der Waals surface area contributed by atoms with Crippen LogP contribution in [0.5, 0.6) is 0 Å². The Morgan fingerprint density at radius 1 is 1.00 bits per heavy atom. The number of nitrogens with one attached hydrogen (secondary N) is 1. The highest BCUT2D eigenvalue weighted by atomic mass is 127. The van der Waals surface area contributed by atoms with Gasteiger partial charge in [0.2, 0.25) is 0 Å². The molecule has 6 nitrogen and oxygen atoms in total. The highest BCUT2D eigenvalue weighted by Crippen LogP contribution is 2.17. The predicted octanol–water partition coefficient (Wildman–Crippen LogP) is 4.60. The molecule has 3 aromatic rings. The first kappa shape index (κ1) is 23.9.